The van der Waals surface area contributed by atoms with Crippen molar-refractivity contribution in [2.45, 2.75) is 56.4 Å². The van der Waals surface area contributed by atoms with Crippen LogP contribution in [0.4, 0.5) is 0 Å². The molecule has 3 atom stereocenters. The first-order valence-corrected chi connectivity index (χ1v) is 18.6. The maximum atomic E-state index is 14.1. The number of fused-ring (bicyclic) bond motifs is 4. The number of carbonyl (C=O) groups excluding carboxylic acids is 2. The molecule has 0 saturated carbocycles. The number of carbonyl (C=O) groups is 2. The number of pyridine rings is 1. The Hall–Kier alpha value is -3.87. The number of aryl methyl sites for hydroxylation is 1. The number of nitrogens with one attached hydrogen (secondary N) is 1. The van der Waals surface area contributed by atoms with Gasteiger partial charge in [0, 0.05) is 30.0 Å². The number of hydrogen-bond donors (Lipinski definition) is 1. The number of thiophene rings is 1. The molecule has 0 spiro atoms. The van der Waals surface area contributed by atoms with Gasteiger partial charge in [-0.25, -0.2) is 9.59 Å². The van der Waals surface area contributed by atoms with Crippen molar-refractivity contribution in [3.8, 4) is 11.5 Å². The van der Waals surface area contributed by atoms with Gasteiger partial charge in [0.05, 0.1) is 14.2 Å². The minimum absolute atomic E-state index is 0.100. The molecule has 4 aliphatic rings. The molecule has 1 N–H and O–H groups in total. The van der Waals surface area contributed by atoms with E-state index in [0.29, 0.717) is 51.1 Å². The molecule has 3 fully saturated rings. The number of methoxy groups -OCH3 is 2. The highest BCUT2D eigenvalue weighted by atomic mass is 35.5. The fraction of sp³-hybridized carbons (Fsp3) is 0.395. The van der Waals surface area contributed by atoms with Crippen molar-refractivity contribution < 1.29 is 33.3 Å². The van der Waals surface area contributed by atoms with Crippen LogP contribution in [0.5, 0.6) is 11.5 Å². The van der Waals surface area contributed by atoms with E-state index < -0.39 is 17.6 Å². The van der Waals surface area contributed by atoms with Crippen molar-refractivity contribution in [1.82, 2.24) is 10.2 Å². The van der Waals surface area contributed by atoms with Gasteiger partial charge in [0.1, 0.15) is 32.7 Å². The van der Waals surface area contributed by atoms with Crippen LogP contribution >= 0.6 is 34.5 Å². The van der Waals surface area contributed by atoms with E-state index >= 15 is 0 Å². The molecule has 3 saturated heterocycles. The molecule has 2 aromatic carbocycles. The second kappa shape index (κ2) is 15.0. The third kappa shape index (κ3) is 7.27. The van der Waals surface area contributed by atoms with E-state index in [2.05, 4.69) is 16.3 Å². The third-order valence-corrected chi connectivity index (χ3v) is 12.1. The summed E-state index contributed by atoms with van der Waals surface area (Å²) >= 11 is 14.1. The summed E-state index contributed by atoms with van der Waals surface area (Å²) in [6.45, 7) is 3.28. The SMILES string of the molecule is COc1ccc([C@H](Cc2c(Cl)c[n+]([O-])cc2Cl)OC(=O)c2ccc(CNC3(C(=O)O[C@H]4CN5CCC4CC5)CCc4ccccc43)s2)cc1OC. The maximum Gasteiger partial charge on any atom is 0.348 e. The van der Waals surface area contributed by atoms with Crippen molar-refractivity contribution in [1.29, 1.82) is 0 Å². The molecule has 8 rings (SSSR count). The van der Waals surface area contributed by atoms with Crippen LogP contribution in [0.1, 0.15) is 62.2 Å². The molecule has 1 unspecified atom stereocenters. The molecule has 5 heterocycles. The fourth-order valence-electron chi connectivity index (χ4n) is 7.56. The standard InChI is InChI=1S/C38H39Cl2N3O7S/c1-47-31-9-7-25(17-33(31)48-2)32(18-27-29(39)20-43(46)21-30(27)40)49-36(44)35-10-8-26(51-35)19-41-38(14-11-23-5-3-4-6-28(23)38)37(45)50-34-22-42-15-12-24(34)13-16-42/h3-10,17,20-21,24,32,34,41H,11-16,18-19,22H2,1-2H3/t32-,34-,38?/m0/s1. The predicted octanol–water partition coefficient (Wildman–Crippen LogP) is 6.42. The lowest BCUT2D eigenvalue weighted by atomic mass is 9.85. The average Bonchev–Trinajstić information content (AvgIpc) is 3.78. The number of rotatable bonds is 12. The Balaban J connectivity index is 1.10. The fourth-order valence-corrected chi connectivity index (χ4v) is 8.99. The van der Waals surface area contributed by atoms with E-state index in [4.69, 9.17) is 42.1 Å². The molecular formula is C38H39Cl2N3O7S. The summed E-state index contributed by atoms with van der Waals surface area (Å²) in [6.07, 6.45) is 5.05. The molecular weight excluding hydrogens is 713 g/mol. The zero-order valence-electron chi connectivity index (χ0n) is 28.4. The molecule has 268 valence electrons. The van der Waals surface area contributed by atoms with Gasteiger partial charge in [-0.15, -0.1) is 11.3 Å². The molecule has 2 bridgehead atoms. The van der Waals surface area contributed by atoms with Gasteiger partial charge in [0.25, 0.3) is 0 Å². The zero-order valence-corrected chi connectivity index (χ0v) is 30.7. The summed E-state index contributed by atoms with van der Waals surface area (Å²) < 4.78 is 23.9. The number of piperidine rings is 3. The largest absolute Gasteiger partial charge is 0.619 e. The van der Waals surface area contributed by atoms with E-state index in [1.807, 2.05) is 24.3 Å². The lowest BCUT2D eigenvalue weighted by molar-refractivity contribution is -0.605. The van der Waals surface area contributed by atoms with Crippen LogP contribution in [-0.2, 0) is 39.2 Å². The van der Waals surface area contributed by atoms with Crippen LogP contribution in [0.25, 0.3) is 0 Å². The van der Waals surface area contributed by atoms with Crippen LogP contribution in [0.15, 0.2) is 67.0 Å². The molecule has 2 aromatic heterocycles. The summed E-state index contributed by atoms with van der Waals surface area (Å²) in [5.74, 6) is 0.591. The summed E-state index contributed by atoms with van der Waals surface area (Å²) in [7, 11) is 3.06. The van der Waals surface area contributed by atoms with Gasteiger partial charge in [-0.1, -0.05) is 53.5 Å². The van der Waals surface area contributed by atoms with Crippen LogP contribution in [0, 0.1) is 11.1 Å². The van der Waals surface area contributed by atoms with E-state index in [9.17, 15) is 14.8 Å². The maximum absolute atomic E-state index is 14.1. The van der Waals surface area contributed by atoms with Crippen molar-refractivity contribution >= 4 is 46.5 Å². The number of aromatic nitrogens is 1. The van der Waals surface area contributed by atoms with Crippen molar-refractivity contribution in [3.05, 3.63) is 114 Å². The first-order chi connectivity index (χ1) is 24.7. The Morgan fingerprint density at radius 2 is 1.78 bits per heavy atom. The van der Waals surface area contributed by atoms with Crippen molar-refractivity contribution in [3.63, 3.8) is 0 Å². The monoisotopic (exact) mass is 751 g/mol. The smallest absolute Gasteiger partial charge is 0.348 e. The highest BCUT2D eigenvalue weighted by Crippen LogP contribution is 2.41. The van der Waals surface area contributed by atoms with Gasteiger partial charge in [-0.3, -0.25) is 10.2 Å². The summed E-state index contributed by atoms with van der Waals surface area (Å²) in [5.41, 5.74) is 2.18. The van der Waals surface area contributed by atoms with E-state index in [-0.39, 0.29) is 28.5 Å². The highest BCUT2D eigenvalue weighted by molar-refractivity contribution is 7.13. The van der Waals surface area contributed by atoms with Gasteiger partial charge >= 0.3 is 11.9 Å². The molecule has 51 heavy (non-hydrogen) atoms. The molecule has 4 aromatic rings. The van der Waals surface area contributed by atoms with E-state index in [0.717, 1.165) is 54.9 Å². The third-order valence-electron chi connectivity index (χ3n) is 10.4. The van der Waals surface area contributed by atoms with Gasteiger partial charge < -0.3 is 24.2 Å². The summed E-state index contributed by atoms with van der Waals surface area (Å²) in [4.78, 5) is 31.5. The van der Waals surface area contributed by atoms with Gasteiger partial charge in [0.15, 0.2) is 23.9 Å². The second-order valence-corrected chi connectivity index (χ2v) is 15.3. The summed E-state index contributed by atoms with van der Waals surface area (Å²) in [6, 6.07) is 16.9. The van der Waals surface area contributed by atoms with Crippen LogP contribution in [0.2, 0.25) is 10.0 Å². The summed E-state index contributed by atoms with van der Waals surface area (Å²) in [5, 5.41) is 15.8. The Bertz CT molecular complexity index is 1910. The average molecular weight is 753 g/mol. The first-order valence-electron chi connectivity index (χ1n) is 17.0. The Kier molecular flexibility index (Phi) is 10.5. The molecule has 1 aliphatic carbocycles. The molecule has 0 amide bonds. The minimum atomic E-state index is -0.984. The first kappa shape index (κ1) is 35.5. The van der Waals surface area contributed by atoms with Crippen LogP contribution in [-0.4, -0.2) is 56.8 Å². The van der Waals surface area contributed by atoms with E-state index in [1.54, 1.807) is 24.3 Å². The number of esters is 2. The Labute approximate surface area is 310 Å². The van der Waals surface area contributed by atoms with Crippen molar-refractivity contribution in [2.24, 2.45) is 5.92 Å². The topological polar surface area (TPSA) is 113 Å². The van der Waals surface area contributed by atoms with Gasteiger partial charge in [-0.05, 0) is 85.6 Å². The molecule has 10 nitrogen and oxygen atoms in total. The number of hydrogen-bond acceptors (Lipinski definition) is 10. The van der Waals surface area contributed by atoms with Gasteiger partial charge in [0.2, 0.25) is 0 Å². The lowest BCUT2D eigenvalue weighted by Crippen LogP contribution is -2.55. The molecule has 13 heteroatoms. The second-order valence-electron chi connectivity index (χ2n) is 13.3. The lowest BCUT2D eigenvalue weighted by Gasteiger charge is -2.45. The predicted molar refractivity (Wildman–Crippen MR) is 193 cm³/mol. The number of halogens is 2. The Morgan fingerprint density at radius 3 is 2.49 bits per heavy atom. The molecule has 0 radical (unpaired) electrons. The van der Waals surface area contributed by atoms with Crippen LogP contribution < -0.4 is 19.5 Å². The number of nitrogens with zero attached hydrogens (tertiary/aromatic N) is 2. The number of ether oxygens (including phenoxy) is 4. The van der Waals surface area contributed by atoms with E-state index in [1.165, 1.54) is 38.0 Å². The van der Waals surface area contributed by atoms with Crippen LogP contribution in [0.3, 0.4) is 0 Å². The molecule has 3 aliphatic heterocycles. The zero-order chi connectivity index (χ0) is 35.7. The Morgan fingerprint density at radius 1 is 1.04 bits per heavy atom. The van der Waals surface area contributed by atoms with Gasteiger partial charge in [-0.2, -0.15) is 4.73 Å². The normalized spacial score (nSPS) is 22.6. The quantitative estimate of drug-likeness (QED) is 0.0997. The van der Waals surface area contributed by atoms with Crippen molar-refractivity contribution in [2.75, 3.05) is 33.9 Å². The minimum Gasteiger partial charge on any atom is -0.619 e. The number of benzene rings is 2. The highest BCUT2D eigenvalue weighted by Gasteiger charge is 2.48.